The molecule has 0 saturated carbocycles. The van der Waals surface area contributed by atoms with E-state index in [0.717, 1.165) is 5.56 Å². The molecule has 2 nitrogen and oxygen atoms in total. The lowest BCUT2D eigenvalue weighted by Crippen LogP contribution is -1.91. The predicted molar refractivity (Wildman–Crippen MR) is 67.4 cm³/mol. The van der Waals surface area contributed by atoms with Gasteiger partial charge in [0.2, 0.25) is 0 Å². The number of nitrogens with zero attached hydrogens (tertiary/aromatic N) is 1. The largest absolute Gasteiger partial charge is 0.454 e. The van der Waals surface area contributed by atoms with Crippen LogP contribution in [-0.2, 0) is 0 Å². The third-order valence-electron chi connectivity index (χ3n) is 2.37. The summed E-state index contributed by atoms with van der Waals surface area (Å²) in [6.07, 6.45) is 0. The Balaban J connectivity index is 2.43. The van der Waals surface area contributed by atoms with Gasteiger partial charge in [0.15, 0.2) is 0 Å². The van der Waals surface area contributed by atoms with Crippen molar-refractivity contribution in [2.75, 3.05) is 0 Å². The molecule has 2 rings (SSSR count). The maximum absolute atomic E-state index is 13.1. The quantitative estimate of drug-likeness (QED) is 0.800. The van der Waals surface area contributed by atoms with Crippen molar-refractivity contribution in [1.29, 1.82) is 5.26 Å². The van der Waals surface area contributed by atoms with Gasteiger partial charge in [0.25, 0.3) is 0 Å². The summed E-state index contributed by atoms with van der Waals surface area (Å²) < 4.78 is 18.6. The van der Waals surface area contributed by atoms with E-state index in [1.54, 1.807) is 18.2 Å². The Labute approximate surface area is 109 Å². The Morgan fingerprint density at radius 1 is 1.17 bits per heavy atom. The van der Waals surface area contributed by atoms with E-state index in [9.17, 15) is 4.39 Å². The minimum atomic E-state index is -0.444. The molecule has 2 aromatic carbocycles. The highest BCUT2D eigenvalue weighted by atomic mass is 35.5. The van der Waals surface area contributed by atoms with E-state index in [1.165, 1.54) is 18.2 Å². The van der Waals surface area contributed by atoms with E-state index in [1.807, 2.05) is 13.0 Å². The second kappa shape index (κ2) is 5.07. The highest BCUT2D eigenvalue weighted by Gasteiger charge is 2.09. The monoisotopic (exact) mass is 261 g/mol. The molecule has 0 amide bonds. The highest BCUT2D eigenvalue weighted by molar-refractivity contribution is 6.32. The Hall–Kier alpha value is -2.05. The van der Waals surface area contributed by atoms with Crippen molar-refractivity contribution in [1.82, 2.24) is 0 Å². The minimum Gasteiger partial charge on any atom is -0.454 e. The summed E-state index contributed by atoms with van der Waals surface area (Å²) in [4.78, 5) is 0. The first-order valence-corrected chi connectivity index (χ1v) is 5.61. The van der Waals surface area contributed by atoms with Crippen LogP contribution in [0.15, 0.2) is 36.4 Å². The standard InChI is InChI=1S/C14H9ClFNO/c1-9-2-3-10(8-17)13(6-9)18-14-7-11(16)4-5-12(14)15/h2-7H,1H3. The fraction of sp³-hybridized carbons (Fsp3) is 0.0714. The molecule has 0 heterocycles. The number of nitriles is 1. The number of benzene rings is 2. The van der Waals surface area contributed by atoms with Crippen LogP contribution in [-0.4, -0.2) is 0 Å². The van der Waals surface area contributed by atoms with Crippen LogP contribution < -0.4 is 4.74 Å². The summed E-state index contributed by atoms with van der Waals surface area (Å²) in [5.41, 5.74) is 1.32. The molecule has 0 atom stereocenters. The van der Waals surface area contributed by atoms with Crippen LogP contribution in [0.2, 0.25) is 5.02 Å². The van der Waals surface area contributed by atoms with Crippen LogP contribution in [0.4, 0.5) is 4.39 Å². The molecule has 0 fully saturated rings. The maximum Gasteiger partial charge on any atom is 0.148 e. The first kappa shape index (κ1) is 12.4. The summed E-state index contributed by atoms with van der Waals surface area (Å²) >= 11 is 5.91. The third-order valence-corrected chi connectivity index (χ3v) is 2.68. The number of ether oxygens (including phenoxy) is 1. The molecule has 90 valence electrons. The van der Waals surface area contributed by atoms with E-state index in [-0.39, 0.29) is 5.75 Å². The van der Waals surface area contributed by atoms with Crippen LogP contribution >= 0.6 is 11.6 Å². The number of hydrogen-bond donors (Lipinski definition) is 0. The van der Waals surface area contributed by atoms with Gasteiger partial charge in [-0.2, -0.15) is 5.26 Å². The third kappa shape index (κ3) is 2.61. The summed E-state index contributed by atoms with van der Waals surface area (Å²) in [6, 6.07) is 11.0. The van der Waals surface area contributed by atoms with E-state index >= 15 is 0 Å². The van der Waals surface area contributed by atoms with Gasteiger partial charge in [-0.3, -0.25) is 0 Å². The lowest BCUT2D eigenvalue weighted by Gasteiger charge is -2.09. The molecule has 0 unspecified atom stereocenters. The Morgan fingerprint density at radius 2 is 1.94 bits per heavy atom. The van der Waals surface area contributed by atoms with Gasteiger partial charge in [-0.25, -0.2) is 4.39 Å². The first-order chi connectivity index (χ1) is 8.60. The Morgan fingerprint density at radius 3 is 2.67 bits per heavy atom. The second-order valence-corrected chi connectivity index (χ2v) is 4.20. The highest BCUT2D eigenvalue weighted by Crippen LogP contribution is 2.32. The van der Waals surface area contributed by atoms with Crippen molar-refractivity contribution < 1.29 is 9.13 Å². The van der Waals surface area contributed by atoms with Gasteiger partial charge in [-0.05, 0) is 36.8 Å². The van der Waals surface area contributed by atoms with Crippen molar-refractivity contribution in [2.24, 2.45) is 0 Å². The van der Waals surface area contributed by atoms with Crippen LogP contribution in [0, 0.1) is 24.1 Å². The van der Waals surface area contributed by atoms with Crippen molar-refractivity contribution in [3.8, 4) is 17.6 Å². The van der Waals surface area contributed by atoms with Crippen molar-refractivity contribution in [3.63, 3.8) is 0 Å². The first-order valence-electron chi connectivity index (χ1n) is 5.24. The SMILES string of the molecule is Cc1ccc(C#N)c(Oc2cc(F)ccc2Cl)c1. The van der Waals surface area contributed by atoms with Crippen molar-refractivity contribution in [3.05, 3.63) is 58.4 Å². The minimum absolute atomic E-state index is 0.193. The van der Waals surface area contributed by atoms with Gasteiger partial charge in [0.05, 0.1) is 10.6 Å². The fourth-order valence-electron chi connectivity index (χ4n) is 1.48. The normalized spacial score (nSPS) is 9.89. The van der Waals surface area contributed by atoms with Crippen LogP contribution in [0.25, 0.3) is 0 Å². The Bertz CT molecular complexity index is 634. The summed E-state index contributed by atoms with van der Waals surface area (Å²) in [6.45, 7) is 1.88. The second-order valence-electron chi connectivity index (χ2n) is 3.79. The van der Waals surface area contributed by atoms with Crippen molar-refractivity contribution >= 4 is 11.6 Å². The molecule has 0 aliphatic carbocycles. The smallest absolute Gasteiger partial charge is 0.148 e. The number of rotatable bonds is 2. The lowest BCUT2D eigenvalue weighted by molar-refractivity contribution is 0.475. The molecule has 0 aromatic heterocycles. The number of hydrogen-bond acceptors (Lipinski definition) is 2. The number of aryl methyl sites for hydroxylation is 1. The fourth-order valence-corrected chi connectivity index (χ4v) is 1.64. The van der Waals surface area contributed by atoms with Gasteiger partial charge in [-0.1, -0.05) is 17.7 Å². The van der Waals surface area contributed by atoms with Crippen LogP contribution in [0.1, 0.15) is 11.1 Å². The molecule has 0 radical (unpaired) electrons. The summed E-state index contributed by atoms with van der Waals surface area (Å²) in [5, 5.41) is 9.27. The van der Waals surface area contributed by atoms with Crippen LogP contribution in [0.5, 0.6) is 11.5 Å². The van der Waals surface area contributed by atoms with Gasteiger partial charge < -0.3 is 4.74 Å². The van der Waals surface area contributed by atoms with Gasteiger partial charge >= 0.3 is 0 Å². The molecule has 4 heteroatoms. The molecular formula is C14H9ClFNO. The zero-order chi connectivity index (χ0) is 13.1. The average Bonchev–Trinajstić information content (AvgIpc) is 2.34. The molecule has 18 heavy (non-hydrogen) atoms. The van der Waals surface area contributed by atoms with E-state index in [0.29, 0.717) is 16.3 Å². The molecule has 0 aliphatic heterocycles. The van der Waals surface area contributed by atoms with Gasteiger partial charge in [-0.15, -0.1) is 0 Å². The zero-order valence-corrected chi connectivity index (χ0v) is 10.3. The van der Waals surface area contributed by atoms with Gasteiger partial charge in [0, 0.05) is 6.07 Å². The molecule has 0 spiro atoms. The van der Waals surface area contributed by atoms with Gasteiger partial charge in [0.1, 0.15) is 23.4 Å². The topological polar surface area (TPSA) is 33.0 Å². The molecular weight excluding hydrogens is 253 g/mol. The molecule has 0 saturated heterocycles. The lowest BCUT2D eigenvalue weighted by atomic mass is 10.1. The Kier molecular flexibility index (Phi) is 3.50. The average molecular weight is 262 g/mol. The molecule has 0 N–H and O–H groups in total. The maximum atomic E-state index is 13.1. The predicted octanol–water partition coefficient (Wildman–Crippen LogP) is 4.45. The molecule has 0 aliphatic rings. The summed E-state index contributed by atoms with van der Waals surface area (Å²) in [7, 11) is 0. The van der Waals surface area contributed by atoms with Crippen LogP contribution in [0.3, 0.4) is 0 Å². The van der Waals surface area contributed by atoms with E-state index < -0.39 is 5.82 Å². The van der Waals surface area contributed by atoms with E-state index in [4.69, 9.17) is 21.6 Å². The molecule has 0 bridgehead atoms. The molecule has 2 aromatic rings. The zero-order valence-electron chi connectivity index (χ0n) is 9.58. The summed E-state index contributed by atoms with van der Waals surface area (Å²) in [5.74, 6) is 0.115. The van der Waals surface area contributed by atoms with Crippen molar-refractivity contribution in [2.45, 2.75) is 6.92 Å². The van der Waals surface area contributed by atoms with E-state index in [2.05, 4.69) is 0 Å². The number of halogens is 2.